The van der Waals surface area contributed by atoms with Crippen molar-refractivity contribution in [3.63, 3.8) is 0 Å². The summed E-state index contributed by atoms with van der Waals surface area (Å²) in [5.41, 5.74) is 0. The van der Waals surface area contributed by atoms with Gasteiger partial charge in [-0.05, 0) is 37.5 Å². The minimum Gasteiger partial charge on any atom is -0.462 e. The van der Waals surface area contributed by atoms with Crippen LogP contribution in [-0.4, -0.2) is 96.7 Å². The molecule has 0 aliphatic carbocycles. The molecule has 0 saturated carbocycles. The summed E-state index contributed by atoms with van der Waals surface area (Å²) < 4.78 is 68.5. The van der Waals surface area contributed by atoms with E-state index in [1.807, 2.05) is 0 Å². The van der Waals surface area contributed by atoms with Crippen LogP contribution in [0, 0.1) is 11.8 Å². The zero-order valence-corrected chi connectivity index (χ0v) is 63.1. The molecule has 0 amide bonds. The smallest absolute Gasteiger partial charge is 0.462 e. The predicted octanol–water partition coefficient (Wildman–Crippen LogP) is 21.9. The lowest BCUT2D eigenvalue weighted by Crippen LogP contribution is -2.30. The van der Waals surface area contributed by atoms with Crippen LogP contribution in [0.25, 0.3) is 0 Å². The first-order valence-electron chi connectivity index (χ1n) is 39.1. The average Bonchev–Trinajstić information content (AvgIpc) is 1.55. The Morgan fingerprint density at radius 1 is 0.298 bits per heavy atom. The average molecular weight is 1380 g/mol. The molecule has 0 spiro atoms. The molecule has 0 heterocycles. The van der Waals surface area contributed by atoms with Crippen molar-refractivity contribution >= 4 is 39.5 Å². The van der Waals surface area contributed by atoms with E-state index in [0.29, 0.717) is 25.7 Å². The van der Waals surface area contributed by atoms with Gasteiger partial charge in [0.05, 0.1) is 26.4 Å². The highest BCUT2D eigenvalue weighted by Crippen LogP contribution is 2.45. The largest absolute Gasteiger partial charge is 0.472 e. The second kappa shape index (κ2) is 66.9. The van der Waals surface area contributed by atoms with E-state index in [4.69, 9.17) is 37.0 Å². The summed E-state index contributed by atoms with van der Waals surface area (Å²) in [4.78, 5) is 72.8. The van der Waals surface area contributed by atoms with E-state index in [2.05, 4.69) is 41.5 Å². The third-order valence-corrected chi connectivity index (χ3v) is 20.1. The molecule has 0 aliphatic heterocycles. The van der Waals surface area contributed by atoms with Gasteiger partial charge in [0.15, 0.2) is 12.2 Å². The van der Waals surface area contributed by atoms with Crippen molar-refractivity contribution in [1.82, 2.24) is 0 Å². The van der Waals surface area contributed by atoms with Crippen LogP contribution < -0.4 is 0 Å². The quantitative estimate of drug-likeness (QED) is 0.0222. The number of hydrogen-bond donors (Lipinski definition) is 3. The molecule has 0 aromatic rings. The first kappa shape index (κ1) is 92.1. The molecule has 0 fully saturated rings. The van der Waals surface area contributed by atoms with Gasteiger partial charge in [-0.15, -0.1) is 0 Å². The molecule has 7 atom stereocenters. The molecule has 0 bridgehead atoms. The van der Waals surface area contributed by atoms with Crippen LogP contribution in [0.2, 0.25) is 0 Å². The Hall–Kier alpha value is -1.94. The normalized spacial score (nSPS) is 14.6. The highest BCUT2D eigenvalue weighted by molar-refractivity contribution is 7.47. The van der Waals surface area contributed by atoms with Crippen molar-refractivity contribution in [3.8, 4) is 0 Å². The minimum absolute atomic E-state index is 0.105. The Kier molecular flexibility index (Phi) is 65.5. The lowest BCUT2D eigenvalue weighted by molar-refractivity contribution is -0.161. The molecule has 0 aromatic heterocycles. The van der Waals surface area contributed by atoms with Gasteiger partial charge in [0.25, 0.3) is 0 Å². The summed E-state index contributed by atoms with van der Waals surface area (Å²) in [5.74, 6) is -0.570. The van der Waals surface area contributed by atoms with Crippen molar-refractivity contribution in [2.75, 3.05) is 39.6 Å². The van der Waals surface area contributed by atoms with E-state index in [1.54, 1.807) is 0 Å². The predicted molar refractivity (Wildman–Crippen MR) is 381 cm³/mol. The Morgan fingerprint density at radius 2 is 0.511 bits per heavy atom. The molecule has 558 valence electrons. The van der Waals surface area contributed by atoms with E-state index in [0.717, 1.165) is 102 Å². The van der Waals surface area contributed by atoms with Gasteiger partial charge in [-0.1, -0.05) is 337 Å². The number of aliphatic hydroxyl groups is 1. The molecular weight excluding hydrogens is 1230 g/mol. The fourth-order valence-electron chi connectivity index (χ4n) is 11.4. The van der Waals surface area contributed by atoms with Crippen LogP contribution in [-0.2, 0) is 65.4 Å². The standard InChI is InChI=1S/C75H146O17P2/c1-7-11-13-15-17-19-21-23-24-25-26-28-30-32-41-47-53-59-74(79)91-70(63-85-72(77)57-51-45-39-31-29-27-22-20-18-16-14-12-8-2)65-89-93(81,82)87-61-69(76)62-88-94(83,84)90-66-71(92-75(80)60-54-48-42-36-34-38-44-50-56-68(6)10-4)64-86-73(78)58-52-46-40-35-33-37-43-49-55-67(5)9-3/h67-71,76H,7-66H2,1-6H3,(H,81,82)(H,83,84)/t67?,68?,69-,70-,71-/m1/s1. The molecule has 0 radical (unpaired) electrons. The number of rotatable bonds is 74. The lowest BCUT2D eigenvalue weighted by Gasteiger charge is -2.21. The monoisotopic (exact) mass is 1380 g/mol. The topological polar surface area (TPSA) is 237 Å². The number of hydrogen-bond acceptors (Lipinski definition) is 15. The van der Waals surface area contributed by atoms with Crippen LogP contribution in [0.1, 0.15) is 388 Å². The Balaban J connectivity index is 5.26. The summed E-state index contributed by atoms with van der Waals surface area (Å²) >= 11 is 0. The van der Waals surface area contributed by atoms with Crippen molar-refractivity contribution in [3.05, 3.63) is 0 Å². The number of phosphoric acid groups is 2. The first-order chi connectivity index (χ1) is 45.4. The number of unbranched alkanes of at least 4 members (excludes halogenated alkanes) is 42. The minimum atomic E-state index is -4.96. The van der Waals surface area contributed by atoms with Gasteiger partial charge in [-0.25, -0.2) is 9.13 Å². The highest BCUT2D eigenvalue weighted by Gasteiger charge is 2.30. The number of carbonyl (C=O) groups is 4. The molecule has 0 rings (SSSR count). The summed E-state index contributed by atoms with van der Waals surface area (Å²) in [6.45, 7) is 9.59. The van der Waals surface area contributed by atoms with Crippen LogP contribution in [0.15, 0.2) is 0 Å². The van der Waals surface area contributed by atoms with Crippen LogP contribution in [0.5, 0.6) is 0 Å². The molecule has 0 aromatic carbocycles. The van der Waals surface area contributed by atoms with Gasteiger partial charge in [0, 0.05) is 25.7 Å². The highest BCUT2D eigenvalue weighted by atomic mass is 31.2. The van der Waals surface area contributed by atoms with E-state index in [-0.39, 0.29) is 25.7 Å². The number of aliphatic hydroxyl groups excluding tert-OH is 1. The van der Waals surface area contributed by atoms with Gasteiger partial charge in [0.1, 0.15) is 19.3 Å². The summed E-state index contributed by atoms with van der Waals surface area (Å²) in [5, 5.41) is 10.6. The summed E-state index contributed by atoms with van der Waals surface area (Å²) in [6.07, 6.45) is 53.9. The van der Waals surface area contributed by atoms with Gasteiger partial charge < -0.3 is 33.8 Å². The van der Waals surface area contributed by atoms with Crippen molar-refractivity contribution in [2.24, 2.45) is 11.8 Å². The second-order valence-corrected chi connectivity index (χ2v) is 30.4. The number of ether oxygens (including phenoxy) is 4. The molecule has 0 saturated heterocycles. The van der Waals surface area contributed by atoms with Crippen molar-refractivity contribution in [2.45, 2.75) is 407 Å². The van der Waals surface area contributed by atoms with Crippen LogP contribution in [0.4, 0.5) is 0 Å². The lowest BCUT2D eigenvalue weighted by atomic mass is 9.99. The Bertz CT molecular complexity index is 1820. The fraction of sp³-hybridized carbons (Fsp3) is 0.947. The molecule has 19 heteroatoms. The molecule has 94 heavy (non-hydrogen) atoms. The van der Waals surface area contributed by atoms with E-state index in [9.17, 15) is 43.2 Å². The summed E-state index contributed by atoms with van der Waals surface area (Å²) in [6, 6.07) is 0. The van der Waals surface area contributed by atoms with E-state index >= 15 is 0 Å². The fourth-order valence-corrected chi connectivity index (χ4v) is 13.0. The van der Waals surface area contributed by atoms with Gasteiger partial charge in [0.2, 0.25) is 0 Å². The van der Waals surface area contributed by atoms with E-state index in [1.165, 1.54) is 205 Å². The zero-order chi connectivity index (χ0) is 69.3. The first-order valence-corrected chi connectivity index (χ1v) is 42.1. The van der Waals surface area contributed by atoms with Crippen molar-refractivity contribution < 1.29 is 80.2 Å². The van der Waals surface area contributed by atoms with E-state index < -0.39 is 97.5 Å². The Morgan fingerprint density at radius 3 is 0.755 bits per heavy atom. The maximum absolute atomic E-state index is 13.1. The molecular formula is C75H146O17P2. The van der Waals surface area contributed by atoms with Gasteiger partial charge >= 0.3 is 39.5 Å². The zero-order valence-electron chi connectivity index (χ0n) is 61.3. The second-order valence-electron chi connectivity index (χ2n) is 27.5. The summed E-state index contributed by atoms with van der Waals surface area (Å²) in [7, 11) is -9.91. The Labute approximate surface area is 575 Å². The molecule has 17 nitrogen and oxygen atoms in total. The van der Waals surface area contributed by atoms with Crippen molar-refractivity contribution in [1.29, 1.82) is 0 Å². The van der Waals surface area contributed by atoms with Gasteiger partial charge in [-0.2, -0.15) is 0 Å². The van der Waals surface area contributed by atoms with Gasteiger partial charge in [-0.3, -0.25) is 37.3 Å². The van der Waals surface area contributed by atoms with Crippen LogP contribution >= 0.6 is 15.6 Å². The molecule has 0 aliphatic rings. The molecule has 4 unspecified atom stereocenters. The third kappa shape index (κ3) is 66.0. The number of phosphoric ester groups is 2. The maximum atomic E-state index is 13.1. The van der Waals surface area contributed by atoms with Crippen LogP contribution in [0.3, 0.4) is 0 Å². The maximum Gasteiger partial charge on any atom is 0.472 e. The molecule has 3 N–H and O–H groups in total. The SMILES string of the molecule is CCCCCCCCCCCCCCCCCCCC(=O)O[C@H](COC(=O)CCCCCCCCCCCCCCC)COP(=O)(O)OC[C@@H](O)COP(=O)(O)OC[C@@H](COC(=O)CCCCCCCCCCC(C)CC)OC(=O)CCCCCCCCCCC(C)CC. The number of carbonyl (C=O) groups excluding carboxylic acids is 4. The number of esters is 4. The third-order valence-electron chi connectivity index (χ3n) is 18.2.